The summed E-state index contributed by atoms with van der Waals surface area (Å²) >= 11 is 1.27. The van der Waals surface area contributed by atoms with Crippen molar-refractivity contribution in [3.05, 3.63) is 94.8 Å². The molecule has 35 heavy (non-hydrogen) atoms. The van der Waals surface area contributed by atoms with Crippen molar-refractivity contribution in [1.82, 2.24) is 4.98 Å². The molecule has 0 aliphatic rings. The van der Waals surface area contributed by atoms with Crippen LogP contribution in [0.5, 0.6) is 11.5 Å². The molecular weight excluding hydrogens is 466 g/mol. The van der Waals surface area contributed by atoms with Crippen LogP contribution in [0.1, 0.15) is 5.56 Å². The SMILES string of the molecule is COc1ccc2nc(N(/N=C/c3coc4ccccc4c3=O)C(=O)COc3ccccc3)sc2c1. The van der Waals surface area contributed by atoms with E-state index in [1.165, 1.54) is 23.8 Å². The van der Waals surface area contributed by atoms with Gasteiger partial charge in [0.2, 0.25) is 10.6 Å². The van der Waals surface area contributed by atoms with Gasteiger partial charge in [-0.1, -0.05) is 41.7 Å². The number of amides is 1. The quantitative estimate of drug-likeness (QED) is 0.241. The van der Waals surface area contributed by atoms with Crippen molar-refractivity contribution < 1.29 is 18.7 Å². The Hall–Kier alpha value is -4.50. The molecule has 0 aliphatic carbocycles. The molecule has 1 amide bonds. The average Bonchev–Trinajstić information content (AvgIpc) is 3.32. The molecule has 0 unspecified atom stereocenters. The van der Waals surface area contributed by atoms with Gasteiger partial charge in [-0.2, -0.15) is 10.1 Å². The fourth-order valence-electron chi connectivity index (χ4n) is 3.36. The van der Waals surface area contributed by atoms with E-state index in [0.29, 0.717) is 33.1 Å². The summed E-state index contributed by atoms with van der Waals surface area (Å²) < 4.78 is 17.3. The third-order valence-electron chi connectivity index (χ3n) is 5.13. The predicted octanol–water partition coefficient (Wildman–Crippen LogP) is 4.86. The minimum Gasteiger partial charge on any atom is -0.497 e. The monoisotopic (exact) mass is 485 g/mol. The number of carbonyl (C=O) groups is 1. The van der Waals surface area contributed by atoms with Crippen LogP contribution in [0.25, 0.3) is 21.2 Å². The van der Waals surface area contributed by atoms with Gasteiger partial charge in [0.1, 0.15) is 23.3 Å². The second kappa shape index (κ2) is 9.78. The Kier molecular flexibility index (Phi) is 6.23. The number of hydrazone groups is 1. The predicted molar refractivity (Wildman–Crippen MR) is 136 cm³/mol. The number of anilines is 1. The molecule has 8 nitrogen and oxygen atoms in total. The smallest absolute Gasteiger partial charge is 0.287 e. The van der Waals surface area contributed by atoms with Crippen molar-refractivity contribution in [1.29, 1.82) is 0 Å². The molecule has 0 saturated carbocycles. The van der Waals surface area contributed by atoms with E-state index in [0.717, 1.165) is 9.71 Å². The van der Waals surface area contributed by atoms with Crippen molar-refractivity contribution >= 4 is 49.8 Å². The van der Waals surface area contributed by atoms with Crippen molar-refractivity contribution in [2.45, 2.75) is 0 Å². The third-order valence-corrected chi connectivity index (χ3v) is 6.12. The number of hydrogen-bond donors (Lipinski definition) is 0. The number of para-hydroxylation sites is 2. The first kappa shape index (κ1) is 22.3. The van der Waals surface area contributed by atoms with Crippen LogP contribution in [0.4, 0.5) is 5.13 Å². The fraction of sp³-hybridized carbons (Fsp3) is 0.0769. The van der Waals surface area contributed by atoms with Gasteiger partial charge in [-0.05, 0) is 42.5 Å². The number of rotatable bonds is 7. The molecule has 0 atom stereocenters. The first-order valence-electron chi connectivity index (χ1n) is 10.6. The van der Waals surface area contributed by atoms with E-state index >= 15 is 0 Å². The van der Waals surface area contributed by atoms with Crippen molar-refractivity contribution in [2.75, 3.05) is 18.7 Å². The molecule has 0 N–H and O–H groups in total. The van der Waals surface area contributed by atoms with Gasteiger partial charge >= 0.3 is 0 Å². The van der Waals surface area contributed by atoms with Crippen molar-refractivity contribution in [2.24, 2.45) is 5.10 Å². The summed E-state index contributed by atoms with van der Waals surface area (Å²) in [6, 6.07) is 21.4. The molecular formula is C26H19N3O5S. The largest absolute Gasteiger partial charge is 0.497 e. The maximum absolute atomic E-state index is 13.2. The lowest BCUT2D eigenvalue weighted by molar-refractivity contribution is -0.120. The molecule has 174 valence electrons. The normalized spacial score (nSPS) is 11.2. The highest BCUT2D eigenvalue weighted by atomic mass is 32.1. The average molecular weight is 486 g/mol. The van der Waals surface area contributed by atoms with Crippen LogP contribution < -0.4 is 19.9 Å². The van der Waals surface area contributed by atoms with Crippen LogP contribution >= 0.6 is 11.3 Å². The molecule has 3 aromatic carbocycles. The second-order valence-electron chi connectivity index (χ2n) is 7.40. The lowest BCUT2D eigenvalue weighted by Gasteiger charge is -2.14. The van der Waals surface area contributed by atoms with Gasteiger partial charge in [-0.3, -0.25) is 9.59 Å². The zero-order valence-corrected chi connectivity index (χ0v) is 19.4. The summed E-state index contributed by atoms with van der Waals surface area (Å²) in [6.45, 7) is -0.271. The number of hydrogen-bond acceptors (Lipinski definition) is 8. The molecule has 0 fully saturated rings. The number of thiazole rings is 1. The van der Waals surface area contributed by atoms with Crippen LogP contribution in [-0.2, 0) is 4.79 Å². The maximum atomic E-state index is 13.2. The number of methoxy groups -OCH3 is 1. The van der Waals surface area contributed by atoms with Gasteiger partial charge < -0.3 is 13.9 Å². The van der Waals surface area contributed by atoms with Gasteiger partial charge in [0.25, 0.3) is 5.91 Å². The molecule has 0 radical (unpaired) electrons. The topological polar surface area (TPSA) is 94.2 Å². The Balaban J connectivity index is 1.50. The highest BCUT2D eigenvalue weighted by Gasteiger charge is 2.20. The number of ether oxygens (including phenoxy) is 2. The van der Waals surface area contributed by atoms with Gasteiger partial charge in [0, 0.05) is 0 Å². The van der Waals surface area contributed by atoms with Crippen LogP contribution in [0, 0.1) is 0 Å². The summed E-state index contributed by atoms with van der Waals surface area (Å²) in [5, 5.41) is 6.21. The van der Waals surface area contributed by atoms with E-state index in [-0.39, 0.29) is 17.6 Å². The van der Waals surface area contributed by atoms with Gasteiger partial charge in [-0.25, -0.2) is 4.98 Å². The number of carbonyl (C=O) groups excluding carboxylic acids is 1. The summed E-state index contributed by atoms with van der Waals surface area (Å²) in [6.07, 6.45) is 2.62. The highest BCUT2D eigenvalue weighted by molar-refractivity contribution is 7.22. The van der Waals surface area contributed by atoms with E-state index in [9.17, 15) is 9.59 Å². The summed E-state index contributed by atoms with van der Waals surface area (Å²) in [4.78, 5) is 30.6. The van der Waals surface area contributed by atoms with Crippen LogP contribution in [0.15, 0.2) is 93.4 Å². The summed E-state index contributed by atoms with van der Waals surface area (Å²) in [5.41, 5.74) is 1.11. The minimum atomic E-state index is -0.457. The number of aromatic nitrogens is 1. The zero-order valence-electron chi connectivity index (χ0n) is 18.6. The fourth-order valence-corrected chi connectivity index (χ4v) is 4.33. The Morgan fingerprint density at radius 3 is 2.71 bits per heavy atom. The Morgan fingerprint density at radius 2 is 1.89 bits per heavy atom. The first-order valence-corrected chi connectivity index (χ1v) is 11.4. The van der Waals surface area contributed by atoms with E-state index in [2.05, 4.69) is 10.1 Å². The third kappa shape index (κ3) is 4.75. The van der Waals surface area contributed by atoms with Crippen LogP contribution in [0.2, 0.25) is 0 Å². The Labute approximate surface area is 203 Å². The number of benzene rings is 3. The Morgan fingerprint density at radius 1 is 1.09 bits per heavy atom. The molecule has 9 heteroatoms. The van der Waals surface area contributed by atoms with Crippen LogP contribution in [0.3, 0.4) is 0 Å². The molecule has 0 spiro atoms. The molecule has 5 aromatic rings. The molecule has 0 saturated heterocycles. The van der Waals surface area contributed by atoms with Crippen LogP contribution in [-0.4, -0.2) is 30.8 Å². The molecule has 0 aliphatic heterocycles. The lowest BCUT2D eigenvalue weighted by atomic mass is 10.2. The van der Waals surface area contributed by atoms with Crippen molar-refractivity contribution in [3.8, 4) is 11.5 Å². The van der Waals surface area contributed by atoms with Gasteiger partial charge in [-0.15, -0.1) is 0 Å². The number of nitrogens with zero attached hydrogens (tertiary/aromatic N) is 3. The van der Waals surface area contributed by atoms with E-state index in [1.54, 1.807) is 55.6 Å². The molecule has 2 aromatic heterocycles. The summed E-state index contributed by atoms with van der Waals surface area (Å²) in [5.74, 6) is 0.769. The second-order valence-corrected chi connectivity index (χ2v) is 8.41. The lowest BCUT2D eigenvalue weighted by Crippen LogP contribution is -2.31. The minimum absolute atomic E-state index is 0.202. The highest BCUT2D eigenvalue weighted by Crippen LogP contribution is 2.31. The van der Waals surface area contributed by atoms with Crippen molar-refractivity contribution in [3.63, 3.8) is 0 Å². The van der Waals surface area contributed by atoms with E-state index in [1.807, 2.05) is 24.3 Å². The van der Waals surface area contributed by atoms with Gasteiger partial charge in [0.05, 0.1) is 34.5 Å². The summed E-state index contributed by atoms with van der Waals surface area (Å²) in [7, 11) is 1.58. The maximum Gasteiger partial charge on any atom is 0.287 e. The standard InChI is InChI=1S/C26H19N3O5S/c1-32-19-11-12-21-23(13-19)35-26(28-21)29(24(30)16-33-18-7-3-2-4-8-18)27-14-17-15-34-22-10-6-5-9-20(22)25(17)31/h2-15H,16H2,1H3/b27-14+. The zero-order chi connectivity index (χ0) is 24.2. The van der Waals surface area contributed by atoms with E-state index in [4.69, 9.17) is 13.9 Å². The Bertz CT molecular complexity index is 1590. The molecule has 2 heterocycles. The molecule has 0 bridgehead atoms. The molecule has 5 rings (SSSR count). The first-order chi connectivity index (χ1) is 17.1. The van der Waals surface area contributed by atoms with E-state index < -0.39 is 5.91 Å². The van der Waals surface area contributed by atoms with Gasteiger partial charge in [0.15, 0.2) is 6.61 Å². The number of fused-ring (bicyclic) bond motifs is 2.